The van der Waals surface area contributed by atoms with Gasteiger partial charge in [-0.15, -0.1) is 0 Å². The predicted octanol–water partition coefficient (Wildman–Crippen LogP) is 2.43. The molecule has 2 amide bonds. The third-order valence-electron chi connectivity index (χ3n) is 6.01. The highest BCUT2D eigenvalue weighted by molar-refractivity contribution is 5.94. The van der Waals surface area contributed by atoms with Crippen LogP contribution in [0.3, 0.4) is 0 Å². The van der Waals surface area contributed by atoms with Crippen molar-refractivity contribution in [2.75, 3.05) is 17.6 Å². The van der Waals surface area contributed by atoms with Gasteiger partial charge in [0.2, 0.25) is 0 Å². The number of aliphatic hydroxyl groups is 1. The average Bonchev–Trinajstić information content (AvgIpc) is 3.12. The SMILES string of the molecule is CC(C)Cn1ccc(N)c1/C=C(\N)c1[nH]ncc1NC(=O)N1CCC(O)CC12CC2. The maximum atomic E-state index is 13.0. The zero-order chi connectivity index (χ0) is 21.5. The Morgan fingerprint density at radius 3 is 2.97 bits per heavy atom. The van der Waals surface area contributed by atoms with Crippen molar-refractivity contribution in [3.05, 3.63) is 29.8 Å². The van der Waals surface area contributed by atoms with Gasteiger partial charge in [-0.2, -0.15) is 5.10 Å². The van der Waals surface area contributed by atoms with E-state index in [0.717, 1.165) is 25.1 Å². The molecule has 0 radical (unpaired) electrons. The lowest BCUT2D eigenvalue weighted by Gasteiger charge is -2.38. The molecule has 4 rings (SSSR count). The number of urea groups is 1. The van der Waals surface area contributed by atoms with E-state index in [9.17, 15) is 9.90 Å². The van der Waals surface area contributed by atoms with E-state index in [1.165, 1.54) is 0 Å². The Bertz CT molecular complexity index is 954. The normalized spacial score (nSPS) is 20.7. The second-order valence-corrected chi connectivity index (χ2v) is 8.91. The van der Waals surface area contributed by atoms with Crippen molar-refractivity contribution >= 4 is 29.2 Å². The topological polar surface area (TPSA) is 138 Å². The number of nitrogens with two attached hydrogens (primary N) is 2. The lowest BCUT2D eigenvalue weighted by atomic mass is 9.98. The van der Waals surface area contributed by atoms with Crippen LogP contribution < -0.4 is 16.8 Å². The van der Waals surface area contributed by atoms with Crippen molar-refractivity contribution in [2.24, 2.45) is 11.7 Å². The highest BCUT2D eigenvalue weighted by Crippen LogP contribution is 2.48. The molecule has 3 heterocycles. The predicted molar refractivity (Wildman–Crippen MR) is 117 cm³/mol. The molecule has 0 bridgehead atoms. The maximum absolute atomic E-state index is 13.0. The molecule has 0 aromatic carbocycles. The summed E-state index contributed by atoms with van der Waals surface area (Å²) in [6, 6.07) is 1.68. The molecule has 7 N–H and O–H groups in total. The Morgan fingerprint density at radius 1 is 1.50 bits per heavy atom. The zero-order valence-corrected chi connectivity index (χ0v) is 17.6. The maximum Gasteiger partial charge on any atom is 0.322 e. The fourth-order valence-electron chi connectivity index (χ4n) is 4.33. The summed E-state index contributed by atoms with van der Waals surface area (Å²) in [7, 11) is 0. The van der Waals surface area contributed by atoms with Gasteiger partial charge >= 0.3 is 6.03 Å². The van der Waals surface area contributed by atoms with Gasteiger partial charge in [0.25, 0.3) is 0 Å². The average molecular weight is 414 g/mol. The number of anilines is 2. The summed E-state index contributed by atoms with van der Waals surface area (Å²) in [5, 5.41) is 19.9. The number of likely N-dealkylation sites (tertiary alicyclic amines) is 1. The number of hydrogen-bond donors (Lipinski definition) is 5. The van der Waals surface area contributed by atoms with Crippen LogP contribution in [0, 0.1) is 5.92 Å². The van der Waals surface area contributed by atoms with Crippen LogP contribution in [0.5, 0.6) is 0 Å². The fraction of sp³-hybridized carbons (Fsp3) is 0.524. The summed E-state index contributed by atoms with van der Waals surface area (Å²) in [6.07, 6.45) is 8.10. The zero-order valence-electron chi connectivity index (χ0n) is 17.6. The van der Waals surface area contributed by atoms with Crippen molar-refractivity contribution in [1.82, 2.24) is 19.7 Å². The van der Waals surface area contributed by atoms with E-state index in [4.69, 9.17) is 11.5 Å². The van der Waals surface area contributed by atoms with Crippen LogP contribution in [-0.2, 0) is 6.54 Å². The van der Waals surface area contributed by atoms with Crippen molar-refractivity contribution in [1.29, 1.82) is 0 Å². The molecular formula is C21H31N7O2. The number of nitrogen functional groups attached to an aromatic ring is 1. The van der Waals surface area contributed by atoms with E-state index in [1.54, 1.807) is 12.3 Å². The van der Waals surface area contributed by atoms with Crippen molar-refractivity contribution in [2.45, 2.75) is 57.7 Å². The number of piperidine rings is 1. The highest BCUT2D eigenvalue weighted by atomic mass is 16.3. The van der Waals surface area contributed by atoms with Crippen LogP contribution in [0.25, 0.3) is 11.8 Å². The van der Waals surface area contributed by atoms with Gasteiger partial charge in [-0.25, -0.2) is 4.79 Å². The number of rotatable bonds is 5. The molecule has 162 valence electrons. The molecule has 2 aromatic rings. The molecule has 1 aliphatic carbocycles. The number of amides is 2. The summed E-state index contributed by atoms with van der Waals surface area (Å²) >= 11 is 0. The van der Waals surface area contributed by atoms with Gasteiger partial charge in [-0.3, -0.25) is 5.10 Å². The minimum Gasteiger partial charge on any atom is -0.397 e. The summed E-state index contributed by atoms with van der Waals surface area (Å²) in [5.74, 6) is 0.463. The minimum absolute atomic E-state index is 0.183. The molecule has 1 saturated heterocycles. The first-order chi connectivity index (χ1) is 14.3. The molecule has 1 unspecified atom stereocenters. The molecule has 1 aliphatic heterocycles. The number of carbonyl (C=O) groups is 1. The molecule has 1 atom stereocenters. The second-order valence-electron chi connectivity index (χ2n) is 8.91. The third kappa shape index (κ3) is 3.89. The van der Waals surface area contributed by atoms with E-state index in [-0.39, 0.29) is 17.7 Å². The molecular weight excluding hydrogens is 382 g/mol. The number of nitrogens with one attached hydrogen (secondary N) is 2. The first kappa shape index (κ1) is 20.3. The van der Waals surface area contributed by atoms with Crippen LogP contribution in [0.1, 0.15) is 50.9 Å². The molecule has 2 aliphatic rings. The van der Waals surface area contributed by atoms with Crippen LogP contribution in [0.2, 0.25) is 0 Å². The molecule has 9 nitrogen and oxygen atoms in total. The third-order valence-corrected chi connectivity index (χ3v) is 6.01. The van der Waals surface area contributed by atoms with Gasteiger partial charge in [-0.05, 0) is 43.7 Å². The van der Waals surface area contributed by atoms with E-state index in [2.05, 4.69) is 33.9 Å². The lowest BCUT2D eigenvalue weighted by Crippen LogP contribution is -2.51. The van der Waals surface area contributed by atoms with Crippen molar-refractivity contribution < 1.29 is 9.90 Å². The van der Waals surface area contributed by atoms with Crippen molar-refractivity contribution in [3.8, 4) is 0 Å². The van der Waals surface area contributed by atoms with E-state index >= 15 is 0 Å². The van der Waals surface area contributed by atoms with Crippen molar-refractivity contribution in [3.63, 3.8) is 0 Å². The number of aromatic nitrogens is 3. The smallest absolute Gasteiger partial charge is 0.322 e. The van der Waals surface area contributed by atoms with Crippen LogP contribution in [0.4, 0.5) is 16.2 Å². The van der Waals surface area contributed by atoms with E-state index in [0.29, 0.717) is 48.1 Å². The highest BCUT2D eigenvalue weighted by Gasteiger charge is 2.53. The summed E-state index contributed by atoms with van der Waals surface area (Å²) < 4.78 is 2.07. The Balaban J connectivity index is 1.53. The number of nitrogens with zero attached hydrogens (tertiary/aromatic N) is 3. The number of hydrogen-bond acceptors (Lipinski definition) is 5. The lowest BCUT2D eigenvalue weighted by molar-refractivity contribution is 0.0527. The summed E-state index contributed by atoms with van der Waals surface area (Å²) in [6.45, 7) is 5.65. The molecule has 2 aromatic heterocycles. The van der Waals surface area contributed by atoms with Gasteiger partial charge < -0.3 is 31.4 Å². The summed E-state index contributed by atoms with van der Waals surface area (Å²) in [5.41, 5.74) is 15.3. The van der Waals surface area contributed by atoms with Crippen LogP contribution in [0.15, 0.2) is 18.5 Å². The minimum atomic E-state index is -0.327. The molecule has 1 spiro atoms. The first-order valence-electron chi connectivity index (χ1n) is 10.5. The Hall–Kier alpha value is -2.94. The second kappa shape index (κ2) is 7.71. The van der Waals surface area contributed by atoms with E-state index in [1.807, 2.05) is 17.2 Å². The van der Waals surface area contributed by atoms with Gasteiger partial charge in [0.1, 0.15) is 5.69 Å². The Kier molecular flexibility index (Phi) is 5.23. The molecule has 30 heavy (non-hydrogen) atoms. The number of aliphatic hydroxyl groups excluding tert-OH is 1. The van der Waals surface area contributed by atoms with Gasteiger partial charge in [-0.1, -0.05) is 13.8 Å². The standard InChI is InChI=1S/C21H31N7O2/c1-13(2)12-27-7-4-15(22)18(27)9-16(23)19-17(11-24-26-19)25-20(30)28-8-3-14(29)10-21(28)5-6-21/h4,7,9,11,13-14,29H,3,5-6,8,10,12,22-23H2,1-2H3,(H,24,26)(H,25,30)/b16-9-. The molecule has 9 heteroatoms. The number of H-pyrrole nitrogens is 1. The number of carbonyl (C=O) groups excluding carboxylic acids is 1. The monoisotopic (exact) mass is 413 g/mol. The van der Waals surface area contributed by atoms with Crippen LogP contribution in [-0.4, -0.2) is 49.0 Å². The van der Waals surface area contributed by atoms with E-state index < -0.39 is 0 Å². The summed E-state index contributed by atoms with van der Waals surface area (Å²) in [4.78, 5) is 14.8. The van der Waals surface area contributed by atoms with Gasteiger partial charge in [0, 0.05) is 24.8 Å². The Morgan fingerprint density at radius 2 is 2.27 bits per heavy atom. The number of aromatic amines is 1. The fourth-order valence-corrected chi connectivity index (χ4v) is 4.33. The first-order valence-corrected chi connectivity index (χ1v) is 10.5. The van der Waals surface area contributed by atoms with Gasteiger partial charge in [0.15, 0.2) is 0 Å². The quantitative estimate of drug-likeness (QED) is 0.512. The van der Waals surface area contributed by atoms with Crippen LogP contribution >= 0.6 is 0 Å². The Labute approximate surface area is 176 Å². The molecule has 2 fully saturated rings. The molecule has 1 saturated carbocycles. The largest absolute Gasteiger partial charge is 0.397 e. The van der Waals surface area contributed by atoms with Gasteiger partial charge in [0.05, 0.1) is 35.1 Å².